The van der Waals surface area contributed by atoms with Crippen molar-refractivity contribution in [2.45, 2.75) is 26.3 Å². The molecule has 1 aromatic rings. The monoisotopic (exact) mass is 264 g/mol. The van der Waals surface area contributed by atoms with Gasteiger partial charge in [-0.25, -0.2) is 4.98 Å². The van der Waals surface area contributed by atoms with Crippen molar-refractivity contribution < 1.29 is 0 Å². The summed E-state index contributed by atoms with van der Waals surface area (Å²) in [5.74, 6) is 1.05. The summed E-state index contributed by atoms with van der Waals surface area (Å²) in [6, 6.07) is 4.64. The van der Waals surface area contributed by atoms with Crippen LogP contribution in [-0.2, 0) is 0 Å². The fraction of sp³-hybridized carbons (Fsp3) is 0.667. The van der Waals surface area contributed by atoms with Gasteiger partial charge in [-0.3, -0.25) is 0 Å². The number of pyridine rings is 1. The molecule has 0 saturated heterocycles. The summed E-state index contributed by atoms with van der Waals surface area (Å²) in [6.45, 7) is 7.42. The number of hydrogen-bond donors (Lipinski definition) is 1. The fourth-order valence-corrected chi connectivity index (χ4v) is 2.04. The minimum Gasteiger partial charge on any atom is -0.360 e. The van der Waals surface area contributed by atoms with E-state index >= 15 is 0 Å². The maximum Gasteiger partial charge on any atom is 0.128 e. The van der Waals surface area contributed by atoms with Crippen molar-refractivity contribution in [3.63, 3.8) is 0 Å². The standard InChI is InChI=1S/C15H28N4/c1-6-16-13(2)14-8-9-15(17-12-14)19(5)11-7-10-18(3)4/h8-9,12-13,16H,6-7,10-11H2,1-5H3. The van der Waals surface area contributed by atoms with Crippen molar-refractivity contribution in [2.75, 3.05) is 45.7 Å². The summed E-state index contributed by atoms with van der Waals surface area (Å²) in [7, 11) is 6.32. The van der Waals surface area contributed by atoms with Crippen LogP contribution in [0.2, 0.25) is 0 Å². The summed E-state index contributed by atoms with van der Waals surface area (Å²) in [5, 5.41) is 3.40. The second kappa shape index (κ2) is 8.12. The van der Waals surface area contributed by atoms with Crippen LogP contribution in [0, 0.1) is 0 Å². The van der Waals surface area contributed by atoms with Crippen LogP contribution in [-0.4, -0.2) is 50.7 Å². The molecule has 0 spiro atoms. The summed E-state index contributed by atoms with van der Waals surface area (Å²) < 4.78 is 0. The zero-order chi connectivity index (χ0) is 14.3. The molecule has 0 saturated carbocycles. The van der Waals surface area contributed by atoms with E-state index in [9.17, 15) is 0 Å². The predicted octanol–water partition coefficient (Wildman–Crippen LogP) is 2.14. The molecule has 0 bridgehead atoms. The molecule has 0 amide bonds. The quantitative estimate of drug-likeness (QED) is 0.779. The van der Waals surface area contributed by atoms with Gasteiger partial charge in [0, 0.05) is 25.8 Å². The normalized spacial score (nSPS) is 12.7. The molecular formula is C15H28N4. The van der Waals surface area contributed by atoms with Gasteiger partial charge in [0.05, 0.1) is 0 Å². The molecule has 0 radical (unpaired) electrons. The molecule has 0 aliphatic heterocycles. The highest BCUT2D eigenvalue weighted by molar-refractivity contribution is 5.38. The van der Waals surface area contributed by atoms with Gasteiger partial charge in [-0.2, -0.15) is 0 Å². The lowest BCUT2D eigenvalue weighted by Crippen LogP contribution is -2.24. The van der Waals surface area contributed by atoms with E-state index in [1.165, 1.54) is 5.56 Å². The van der Waals surface area contributed by atoms with Gasteiger partial charge in [-0.15, -0.1) is 0 Å². The Morgan fingerprint density at radius 2 is 1.95 bits per heavy atom. The van der Waals surface area contributed by atoms with E-state index < -0.39 is 0 Å². The smallest absolute Gasteiger partial charge is 0.128 e. The fourth-order valence-electron chi connectivity index (χ4n) is 2.04. The minimum absolute atomic E-state index is 0.366. The van der Waals surface area contributed by atoms with Crippen molar-refractivity contribution in [1.29, 1.82) is 0 Å². The third-order valence-corrected chi connectivity index (χ3v) is 3.27. The maximum atomic E-state index is 4.55. The molecule has 1 unspecified atom stereocenters. The molecule has 1 heterocycles. The van der Waals surface area contributed by atoms with Crippen LogP contribution < -0.4 is 10.2 Å². The first-order valence-electron chi connectivity index (χ1n) is 7.09. The van der Waals surface area contributed by atoms with Crippen LogP contribution in [0.15, 0.2) is 18.3 Å². The second-order valence-electron chi connectivity index (χ2n) is 5.31. The number of aromatic nitrogens is 1. The Morgan fingerprint density at radius 3 is 2.47 bits per heavy atom. The maximum absolute atomic E-state index is 4.55. The van der Waals surface area contributed by atoms with Crippen LogP contribution in [0.1, 0.15) is 31.9 Å². The number of nitrogens with zero attached hydrogens (tertiary/aromatic N) is 3. The lowest BCUT2D eigenvalue weighted by Gasteiger charge is -2.20. The van der Waals surface area contributed by atoms with Crippen LogP contribution >= 0.6 is 0 Å². The first-order chi connectivity index (χ1) is 9.04. The summed E-state index contributed by atoms with van der Waals surface area (Å²) in [6.07, 6.45) is 3.13. The summed E-state index contributed by atoms with van der Waals surface area (Å²) in [4.78, 5) is 8.98. The van der Waals surface area contributed by atoms with Crippen molar-refractivity contribution >= 4 is 5.82 Å². The van der Waals surface area contributed by atoms with Gasteiger partial charge < -0.3 is 15.1 Å². The molecule has 1 atom stereocenters. The van der Waals surface area contributed by atoms with E-state index in [2.05, 4.69) is 67.2 Å². The van der Waals surface area contributed by atoms with Gasteiger partial charge in [0.25, 0.3) is 0 Å². The Morgan fingerprint density at radius 1 is 1.21 bits per heavy atom. The van der Waals surface area contributed by atoms with Gasteiger partial charge in [0.2, 0.25) is 0 Å². The van der Waals surface area contributed by atoms with E-state index in [0.29, 0.717) is 6.04 Å². The second-order valence-corrected chi connectivity index (χ2v) is 5.31. The molecule has 0 aliphatic carbocycles. The predicted molar refractivity (Wildman–Crippen MR) is 82.8 cm³/mol. The van der Waals surface area contributed by atoms with E-state index in [0.717, 1.165) is 31.9 Å². The van der Waals surface area contributed by atoms with Gasteiger partial charge in [-0.05, 0) is 52.2 Å². The van der Waals surface area contributed by atoms with Gasteiger partial charge in [0.15, 0.2) is 0 Å². The number of hydrogen-bond acceptors (Lipinski definition) is 4. The lowest BCUT2D eigenvalue weighted by atomic mass is 10.1. The zero-order valence-electron chi connectivity index (χ0n) is 13.0. The van der Waals surface area contributed by atoms with Crippen LogP contribution in [0.5, 0.6) is 0 Å². The van der Waals surface area contributed by atoms with Crippen molar-refractivity contribution in [3.05, 3.63) is 23.9 Å². The molecule has 19 heavy (non-hydrogen) atoms. The number of nitrogens with one attached hydrogen (secondary N) is 1. The molecule has 0 aromatic carbocycles. The average molecular weight is 264 g/mol. The van der Waals surface area contributed by atoms with Crippen molar-refractivity contribution in [1.82, 2.24) is 15.2 Å². The Hall–Kier alpha value is -1.13. The molecule has 0 fully saturated rings. The largest absolute Gasteiger partial charge is 0.360 e. The van der Waals surface area contributed by atoms with E-state index in [4.69, 9.17) is 0 Å². The summed E-state index contributed by atoms with van der Waals surface area (Å²) in [5.41, 5.74) is 1.24. The molecular weight excluding hydrogens is 236 g/mol. The van der Waals surface area contributed by atoms with Crippen LogP contribution in [0.3, 0.4) is 0 Å². The molecule has 4 nitrogen and oxygen atoms in total. The highest BCUT2D eigenvalue weighted by Crippen LogP contribution is 2.15. The molecule has 108 valence electrons. The third-order valence-electron chi connectivity index (χ3n) is 3.27. The Bertz CT molecular complexity index is 348. The van der Waals surface area contributed by atoms with Gasteiger partial charge in [0.1, 0.15) is 5.82 Å². The van der Waals surface area contributed by atoms with E-state index in [1.807, 2.05) is 6.20 Å². The van der Waals surface area contributed by atoms with Crippen molar-refractivity contribution in [2.24, 2.45) is 0 Å². The highest BCUT2D eigenvalue weighted by atomic mass is 15.2. The minimum atomic E-state index is 0.366. The first kappa shape index (κ1) is 15.9. The number of rotatable bonds is 8. The Kier molecular flexibility index (Phi) is 6.81. The summed E-state index contributed by atoms with van der Waals surface area (Å²) >= 11 is 0. The van der Waals surface area contributed by atoms with E-state index in [-0.39, 0.29) is 0 Å². The first-order valence-corrected chi connectivity index (χ1v) is 7.09. The SMILES string of the molecule is CCNC(C)c1ccc(N(C)CCCN(C)C)nc1. The third kappa shape index (κ3) is 5.57. The van der Waals surface area contributed by atoms with Crippen molar-refractivity contribution in [3.8, 4) is 0 Å². The van der Waals surface area contributed by atoms with Gasteiger partial charge >= 0.3 is 0 Å². The molecule has 1 rings (SSSR count). The van der Waals surface area contributed by atoms with Gasteiger partial charge in [-0.1, -0.05) is 13.0 Å². The van der Waals surface area contributed by atoms with Crippen LogP contribution in [0.25, 0.3) is 0 Å². The molecule has 1 aromatic heterocycles. The number of anilines is 1. The topological polar surface area (TPSA) is 31.4 Å². The highest BCUT2D eigenvalue weighted by Gasteiger charge is 2.06. The van der Waals surface area contributed by atoms with Crippen LogP contribution in [0.4, 0.5) is 5.82 Å². The van der Waals surface area contributed by atoms with E-state index in [1.54, 1.807) is 0 Å². The molecule has 4 heteroatoms. The zero-order valence-corrected chi connectivity index (χ0v) is 13.0. The Balaban J connectivity index is 2.50. The average Bonchev–Trinajstić information content (AvgIpc) is 2.38. The molecule has 1 N–H and O–H groups in total. The molecule has 0 aliphatic rings. The lowest BCUT2D eigenvalue weighted by molar-refractivity contribution is 0.401. The Labute approximate surface area is 117 Å².